The first-order valence-corrected chi connectivity index (χ1v) is 7.87. The van der Waals surface area contributed by atoms with Crippen LogP contribution in [-0.4, -0.2) is 40.6 Å². The maximum atomic E-state index is 11.7. The monoisotopic (exact) mass is 283 g/mol. The highest BCUT2D eigenvalue weighted by Crippen LogP contribution is 2.26. The van der Waals surface area contributed by atoms with Crippen molar-refractivity contribution in [3.8, 4) is 0 Å². The van der Waals surface area contributed by atoms with Crippen molar-refractivity contribution >= 4 is 15.7 Å². The molecule has 1 aromatic rings. The summed E-state index contributed by atoms with van der Waals surface area (Å²) in [6.45, 7) is 7.14. The molecule has 0 unspecified atom stereocenters. The standard InChI is InChI=1S/C13H21N3O2S/c1-13(2)10-15-8-9-16(13)11-4-6-12(7-5-11)19(17,18)14-3/h4-7,14-15H,8-10H2,1-3H3. The van der Waals surface area contributed by atoms with Crippen LogP contribution in [0.2, 0.25) is 0 Å². The van der Waals surface area contributed by atoms with Crippen molar-refractivity contribution in [2.75, 3.05) is 31.6 Å². The summed E-state index contributed by atoms with van der Waals surface area (Å²) in [5, 5.41) is 3.37. The van der Waals surface area contributed by atoms with E-state index in [0.29, 0.717) is 4.90 Å². The molecule has 0 aromatic heterocycles. The molecule has 1 saturated heterocycles. The van der Waals surface area contributed by atoms with Gasteiger partial charge in [0, 0.05) is 30.9 Å². The Bertz CT molecular complexity index is 538. The molecular formula is C13H21N3O2S. The van der Waals surface area contributed by atoms with Gasteiger partial charge in [-0.05, 0) is 45.2 Å². The van der Waals surface area contributed by atoms with Gasteiger partial charge < -0.3 is 10.2 Å². The van der Waals surface area contributed by atoms with Crippen molar-refractivity contribution in [3.05, 3.63) is 24.3 Å². The normalized spacial score (nSPS) is 19.4. The van der Waals surface area contributed by atoms with E-state index in [1.165, 1.54) is 7.05 Å². The van der Waals surface area contributed by atoms with Gasteiger partial charge in [0.1, 0.15) is 0 Å². The molecule has 19 heavy (non-hydrogen) atoms. The molecular weight excluding hydrogens is 262 g/mol. The molecule has 0 saturated carbocycles. The summed E-state index contributed by atoms with van der Waals surface area (Å²) < 4.78 is 25.7. The quantitative estimate of drug-likeness (QED) is 0.861. The van der Waals surface area contributed by atoms with Gasteiger partial charge in [-0.25, -0.2) is 13.1 Å². The third kappa shape index (κ3) is 2.91. The van der Waals surface area contributed by atoms with Gasteiger partial charge in [0.2, 0.25) is 10.0 Å². The summed E-state index contributed by atoms with van der Waals surface area (Å²) in [6.07, 6.45) is 0. The van der Waals surface area contributed by atoms with E-state index in [4.69, 9.17) is 0 Å². The van der Waals surface area contributed by atoms with Crippen molar-refractivity contribution < 1.29 is 8.42 Å². The highest BCUT2D eigenvalue weighted by atomic mass is 32.2. The summed E-state index contributed by atoms with van der Waals surface area (Å²) in [5.74, 6) is 0. The SMILES string of the molecule is CNS(=O)(=O)c1ccc(N2CCNCC2(C)C)cc1. The second-order valence-electron chi connectivity index (χ2n) is 5.34. The Morgan fingerprint density at radius 1 is 1.26 bits per heavy atom. The molecule has 0 bridgehead atoms. The van der Waals surface area contributed by atoms with E-state index in [0.717, 1.165) is 25.3 Å². The Labute approximate surface area is 115 Å². The average Bonchev–Trinajstić information content (AvgIpc) is 2.38. The van der Waals surface area contributed by atoms with E-state index in [-0.39, 0.29) is 5.54 Å². The third-order valence-corrected chi connectivity index (χ3v) is 4.96. The first kappa shape index (κ1) is 14.3. The van der Waals surface area contributed by atoms with Crippen molar-refractivity contribution in [2.24, 2.45) is 0 Å². The lowest BCUT2D eigenvalue weighted by Crippen LogP contribution is -2.58. The molecule has 2 rings (SSSR count). The van der Waals surface area contributed by atoms with Gasteiger partial charge in [-0.15, -0.1) is 0 Å². The molecule has 0 atom stereocenters. The van der Waals surface area contributed by atoms with E-state index in [1.54, 1.807) is 12.1 Å². The van der Waals surface area contributed by atoms with Crippen LogP contribution in [0, 0.1) is 0 Å². The van der Waals surface area contributed by atoms with E-state index < -0.39 is 10.0 Å². The maximum Gasteiger partial charge on any atom is 0.240 e. The van der Waals surface area contributed by atoms with Gasteiger partial charge in [-0.3, -0.25) is 0 Å². The highest BCUT2D eigenvalue weighted by Gasteiger charge is 2.29. The van der Waals surface area contributed by atoms with Crippen LogP contribution < -0.4 is 14.9 Å². The fourth-order valence-electron chi connectivity index (χ4n) is 2.38. The predicted octanol–water partition coefficient (Wildman–Crippen LogP) is 0.783. The summed E-state index contributed by atoms with van der Waals surface area (Å²) in [6, 6.07) is 7.05. The van der Waals surface area contributed by atoms with Crippen LogP contribution in [0.1, 0.15) is 13.8 Å². The van der Waals surface area contributed by atoms with Gasteiger partial charge in [0.25, 0.3) is 0 Å². The average molecular weight is 283 g/mol. The molecule has 106 valence electrons. The number of nitrogens with one attached hydrogen (secondary N) is 2. The lowest BCUT2D eigenvalue weighted by molar-refractivity contribution is 0.380. The first-order valence-electron chi connectivity index (χ1n) is 6.39. The minimum atomic E-state index is -3.36. The van der Waals surface area contributed by atoms with Crippen LogP contribution in [0.3, 0.4) is 0 Å². The van der Waals surface area contributed by atoms with Gasteiger partial charge >= 0.3 is 0 Å². The van der Waals surface area contributed by atoms with Gasteiger partial charge in [0.05, 0.1) is 4.90 Å². The van der Waals surface area contributed by atoms with Crippen molar-refractivity contribution in [3.63, 3.8) is 0 Å². The molecule has 1 heterocycles. The predicted molar refractivity (Wildman–Crippen MR) is 77.0 cm³/mol. The molecule has 6 heteroatoms. The van der Waals surface area contributed by atoms with Crippen molar-refractivity contribution in [2.45, 2.75) is 24.3 Å². The Balaban J connectivity index is 2.28. The fourth-order valence-corrected chi connectivity index (χ4v) is 3.12. The molecule has 1 aliphatic rings. The second kappa shape index (κ2) is 5.11. The van der Waals surface area contributed by atoms with E-state index >= 15 is 0 Å². The number of hydrogen-bond acceptors (Lipinski definition) is 4. The molecule has 5 nitrogen and oxygen atoms in total. The van der Waals surface area contributed by atoms with E-state index in [9.17, 15) is 8.42 Å². The van der Waals surface area contributed by atoms with E-state index in [2.05, 4.69) is 28.8 Å². The minimum Gasteiger partial charge on any atom is -0.364 e. The minimum absolute atomic E-state index is 0.0294. The second-order valence-corrected chi connectivity index (χ2v) is 7.23. The molecule has 0 spiro atoms. The molecule has 0 radical (unpaired) electrons. The van der Waals surface area contributed by atoms with Crippen LogP contribution in [0.15, 0.2) is 29.2 Å². The lowest BCUT2D eigenvalue weighted by Gasteiger charge is -2.44. The summed E-state index contributed by atoms with van der Waals surface area (Å²) in [7, 11) is -1.94. The molecule has 2 N–H and O–H groups in total. The zero-order chi connectivity index (χ0) is 14.1. The van der Waals surface area contributed by atoms with Gasteiger partial charge in [-0.1, -0.05) is 0 Å². The van der Waals surface area contributed by atoms with Crippen molar-refractivity contribution in [1.82, 2.24) is 10.0 Å². The Hall–Kier alpha value is -1.11. The third-order valence-electron chi connectivity index (χ3n) is 3.53. The zero-order valence-corrected chi connectivity index (χ0v) is 12.4. The van der Waals surface area contributed by atoms with E-state index in [1.807, 2.05) is 12.1 Å². The number of rotatable bonds is 3. The van der Waals surface area contributed by atoms with Crippen LogP contribution in [0.5, 0.6) is 0 Å². The molecule has 0 amide bonds. The lowest BCUT2D eigenvalue weighted by atomic mass is 9.99. The first-order chi connectivity index (χ1) is 8.87. The number of piperazine rings is 1. The highest BCUT2D eigenvalue weighted by molar-refractivity contribution is 7.89. The number of sulfonamides is 1. The molecule has 1 aromatic carbocycles. The molecule has 0 aliphatic carbocycles. The Morgan fingerprint density at radius 2 is 1.89 bits per heavy atom. The van der Waals surface area contributed by atoms with Crippen molar-refractivity contribution in [1.29, 1.82) is 0 Å². The molecule has 1 fully saturated rings. The molecule has 1 aliphatic heterocycles. The van der Waals surface area contributed by atoms with Crippen LogP contribution >= 0.6 is 0 Å². The Kier molecular flexibility index (Phi) is 3.85. The largest absolute Gasteiger partial charge is 0.364 e. The van der Waals surface area contributed by atoms with Gasteiger partial charge in [-0.2, -0.15) is 0 Å². The van der Waals surface area contributed by atoms with Crippen LogP contribution in [0.4, 0.5) is 5.69 Å². The summed E-state index contributed by atoms with van der Waals surface area (Å²) in [5.41, 5.74) is 1.09. The number of benzene rings is 1. The summed E-state index contributed by atoms with van der Waals surface area (Å²) >= 11 is 0. The van der Waals surface area contributed by atoms with Gasteiger partial charge in [0.15, 0.2) is 0 Å². The smallest absolute Gasteiger partial charge is 0.240 e. The number of nitrogens with zero attached hydrogens (tertiary/aromatic N) is 1. The number of hydrogen-bond donors (Lipinski definition) is 2. The summed E-state index contributed by atoms with van der Waals surface area (Å²) in [4.78, 5) is 2.60. The topological polar surface area (TPSA) is 61.4 Å². The maximum absolute atomic E-state index is 11.7. The Morgan fingerprint density at radius 3 is 2.42 bits per heavy atom. The number of anilines is 1. The zero-order valence-electron chi connectivity index (χ0n) is 11.6. The van der Waals surface area contributed by atoms with Crippen LogP contribution in [0.25, 0.3) is 0 Å². The fraction of sp³-hybridized carbons (Fsp3) is 0.538. The van der Waals surface area contributed by atoms with Crippen LogP contribution in [-0.2, 0) is 10.0 Å².